The molecule has 1 aromatic heterocycles. The lowest BCUT2D eigenvalue weighted by Gasteiger charge is -2.31. The zero-order chi connectivity index (χ0) is 22.3. The molecule has 0 radical (unpaired) electrons. The Morgan fingerprint density at radius 3 is 2.72 bits per heavy atom. The highest BCUT2D eigenvalue weighted by Gasteiger charge is 2.32. The number of aromatic nitrogens is 1. The largest absolute Gasteiger partial charge is 0.487 e. The van der Waals surface area contributed by atoms with Gasteiger partial charge in [-0.25, -0.2) is 0 Å². The lowest BCUT2D eigenvalue weighted by Crippen LogP contribution is -2.43. The Morgan fingerprint density at radius 2 is 1.94 bits per heavy atom. The lowest BCUT2D eigenvalue weighted by atomic mass is 10.0. The van der Waals surface area contributed by atoms with Gasteiger partial charge >= 0.3 is 0 Å². The second kappa shape index (κ2) is 8.29. The first-order chi connectivity index (χ1) is 15.4. The van der Waals surface area contributed by atoms with Crippen LogP contribution in [0.3, 0.4) is 0 Å². The van der Waals surface area contributed by atoms with Crippen molar-refractivity contribution in [1.29, 1.82) is 0 Å². The molecule has 0 saturated carbocycles. The number of nitrogens with one attached hydrogen (secondary N) is 1. The van der Waals surface area contributed by atoms with E-state index in [0.717, 1.165) is 42.2 Å². The van der Waals surface area contributed by atoms with Gasteiger partial charge in [-0.3, -0.25) is 4.79 Å². The number of carbonyl (C=O) groups excluding carboxylic acids is 1. The first-order valence-corrected chi connectivity index (χ1v) is 11.2. The molecule has 0 aliphatic carbocycles. The predicted molar refractivity (Wildman–Crippen MR) is 120 cm³/mol. The van der Waals surface area contributed by atoms with Crippen LogP contribution in [-0.4, -0.2) is 68.6 Å². The van der Waals surface area contributed by atoms with Crippen molar-refractivity contribution in [3.05, 3.63) is 29.7 Å². The molecule has 4 heterocycles. The van der Waals surface area contributed by atoms with Crippen LogP contribution >= 0.6 is 0 Å². The van der Waals surface area contributed by atoms with Gasteiger partial charge in [0.25, 0.3) is 11.9 Å². The van der Waals surface area contributed by atoms with Crippen LogP contribution in [0.25, 0.3) is 0 Å². The second-order valence-corrected chi connectivity index (χ2v) is 9.20. The number of fused-ring (bicyclic) bond motifs is 1. The molecule has 0 bridgehead atoms. The second-order valence-electron chi connectivity index (χ2n) is 9.20. The third-order valence-electron chi connectivity index (χ3n) is 6.12. The van der Waals surface area contributed by atoms with Crippen molar-refractivity contribution < 1.29 is 23.4 Å². The Morgan fingerprint density at radius 1 is 1.16 bits per heavy atom. The van der Waals surface area contributed by atoms with E-state index in [0.29, 0.717) is 39.0 Å². The van der Waals surface area contributed by atoms with Crippen molar-refractivity contribution in [2.24, 2.45) is 0 Å². The number of rotatable bonds is 4. The standard InChI is InChI=1S/C23H30N4O5/c1-15-13-30-9-6-27(15)22-25-18(14-31-22)21(28)24-17-10-16-12-23(2,3)32-20(16)11-19(17)26-4-7-29-8-5-26/h10-11,14-15H,4-9,12-13H2,1-3H3,(H,24,28)/t15-/m0/s1. The Labute approximate surface area is 187 Å². The van der Waals surface area contributed by atoms with Crippen molar-refractivity contribution >= 4 is 23.3 Å². The van der Waals surface area contributed by atoms with Crippen LogP contribution < -0.4 is 19.9 Å². The lowest BCUT2D eigenvalue weighted by molar-refractivity contribution is 0.0961. The summed E-state index contributed by atoms with van der Waals surface area (Å²) in [5, 5.41) is 3.07. The summed E-state index contributed by atoms with van der Waals surface area (Å²) in [6.45, 7) is 10.9. The van der Waals surface area contributed by atoms with E-state index in [1.807, 2.05) is 24.0 Å². The normalized spacial score (nSPS) is 22.4. The Kier molecular flexibility index (Phi) is 5.46. The molecule has 0 unspecified atom stereocenters. The van der Waals surface area contributed by atoms with Crippen LogP contribution in [0.4, 0.5) is 17.4 Å². The van der Waals surface area contributed by atoms with Gasteiger partial charge in [0.15, 0.2) is 5.69 Å². The number of benzene rings is 1. The van der Waals surface area contributed by atoms with Gasteiger partial charge in [-0.2, -0.15) is 4.98 Å². The smallest absolute Gasteiger partial charge is 0.298 e. The van der Waals surface area contributed by atoms with Crippen molar-refractivity contribution in [1.82, 2.24) is 4.98 Å². The van der Waals surface area contributed by atoms with E-state index in [1.165, 1.54) is 6.26 Å². The van der Waals surface area contributed by atoms with E-state index >= 15 is 0 Å². The predicted octanol–water partition coefficient (Wildman–Crippen LogP) is 2.70. The minimum atomic E-state index is -0.298. The maximum atomic E-state index is 13.1. The zero-order valence-electron chi connectivity index (χ0n) is 18.8. The SMILES string of the molecule is C[C@H]1COCCN1c1nc(C(=O)Nc2cc3c(cc2N2CCOCC2)OC(C)(C)C3)co1. The topological polar surface area (TPSA) is 89.3 Å². The number of hydrogen-bond donors (Lipinski definition) is 1. The highest BCUT2D eigenvalue weighted by atomic mass is 16.5. The van der Waals surface area contributed by atoms with E-state index < -0.39 is 0 Å². The molecule has 1 aromatic carbocycles. The van der Waals surface area contributed by atoms with Crippen molar-refractivity contribution in [2.45, 2.75) is 38.8 Å². The molecule has 1 N–H and O–H groups in total. The third-order valence-corrected chi connectivity index (χ3v) is 6.12. The molecule has 3 aliphatic rings. The molecule has 9 nitrogen and oxygen atoms in total. The van der Waals surface area contributed by atoms with Crippen LogP contribution in [-0.2, 0) is 15.9 Å². The summed E-state index contributed by atoms with van der Waals surface area (Å²) in [6.07, 6.45) is 2.21. The fraction of sp³-hybridized carbons (Fsp3) is 0.565. The number of carbonyl (C=O) groups is 1. The Hall–Kier alpha value is -2.78. The Balaban J connectivity index is 1.40. The molecule has 172 valence electrons. The summed E-state index contributed by atoms with van der Waals surface area (Å²) in [5.74, 6) is 0.577. The van der Waals surface area contributed by atoms with Crippen molar-refractivity contribution in [3.8, 4) is 5.75 Å². The first kappa shape index (κ1) is 21.1. The van der Waals surface area contributed by atoms with Gasteiger partial charge in [-0.1, -0.05) is 0 Å². The number of ether oxygens (including phenoxy) is 3. The summed E-state index contributed by atoms with van der Waals surface area (Å²) in [7, 11) is 0. The molecular weight excluding hydrogens is 412 g/mol. The molecule has 2 saturated heterocycles. The van der Waals surface area contributed by atoms with Gasteiger partial charge in [-0.05, 0) is 26.8 Å². The summed E-state index contributed by atoms with van der Waals surface area (Å²) in [6, 6.07) is 4.65. The zero-order valence-corrected chi connectivity index (χ0v) is 18.8. The van der Waals surface area contributed by atoms with Gasteiger partial charge in [0.05, 0.1) is 43.8 Å². The van der Waals surface area contributed by atoms with Gasteiger partial charge < -0.3 is 33.7 Å². The molecule has 32 heavy (non-hydrogen) atoms. The average Bonchev–Trinajstić information content (AvgIpc) is 3.37. The minimum Gasteiger partial charge on any atom is -0.487 e. The summed E-state index contributed by atoms with van der Waals surface area (Å²) in [5.41, 5.74) is 2.77. The molecule has 2 fully saturated rings. The van der Waals surface area contributed by atoms with E-state index in [2.05, 4.69) is 29.0 Å². The maximum absolute atomic E-state index is 13.1. The van der Waals surface area contributed by atoms with Gasteiger partial charge in [0, 0.05) is 37.7 Å². The Bertz CT molecular complexity index is 998. The average molecular weight is 443 g/mol. The highest BCUT2D eigenvalue weighted by Crippen LogP contribution is 2.42. The van der Waals surface area contributed by atoms with E-state index in [4.69, 9.17) is 18.6 Å². The van der Waals surface area contributed by atoms with Gasteiger partial charge in [0.2, 0.25) is 0 Å². The third kappa shape index (κ3) is 4.14. The summed E-state index contributed by atoms with van der Waals surface area (Å²) in [4.78, 5) is 21.8. The van der Waals surface area contributed by atoms with Crippen molar-refractivity contribution in [3.63, 3.8) is 0 Å². The maximum Gasteiger partial charge on any atom is 0.298 e. The fourth-order valence-electron chi connectivity index (χ4n) is 4.50. The minimum absolute atomic E-state index is 0.145. The number of nitrogens with zero attached hydrogens (tertiary/aromatic N) is 3. The fourth-order valence-corrected chi connectivity index (χ4v) is 4.50. The number of oxazole rings is 1. The van der Waals surface area contributed by atoms with E-state index in [9.17, 15) is 4.79 Å². The molecule has 2 aromatic rings. The number of morpholine rings is 2. The van der Waals surface area contributed by atoms with E-state index in [1.54, 1.807) is 0 Å². The quantitative estimate of drug-likeness (QED) is 0.773. The molecule has 9 heteroatoms. The van der Waals surface area contributed by atoms with Gasteiger partial charge in [0.1, 0.15) is 17.6 Å². The molecule has 1 amide bonds. The molecule has 1 atom stereocenters. The first-order valence-electron chi connectivity index (χ1n) is 11.2. The summed E-state index contributed by atoms with van der Waals surface area (Å²) >= 11 is 0. The van der Waals surface area contributed by atoms with Crippen LogP contribution in [0.2, 0.25) is 0 Å². The van der Waals surface area contributed by atoms with Crippen LogP contribution in [0.5, 0.6) is 5.75 Å². The number of anilines is 3. The monoisotopic (exact) mass is 442 g/mol. The van der Waals surface area contributed by atoms with E-state index in [-0.39, 0.29) is 23.2 Å². The molecule has 3 aliphatic heterocycles. The van der Waals surface area contributed by atoms with Crippen LogP contribution in [0, 0.1) is 0 Å². The molecular formula is C23H30N4O5. The molecule has 5 rings (SSSR count). The summed E-state index contributed by atoms with van der Waals surface area (Å²) < 4.78 is 22.8. The van der Waals surface area contributed by atoms with Crippen molar-refractivity contribution in [2.75, 3.05) is 61.2 Å². The van der Waals surface area contributed by atoms with Gasteiger partial charge in [-0.15, -0.1) is 0 Å². The number of amides is 1. The highest BCUT2D eigenvalue weighted by molar-refractivity contribution is 6.05. The van der Waals surface area contributed by atoms with Crippen LogP contribution in [0.15, 0.2) is 22.8 Å². The molecule has 0 spiro atoms. The number of hydrogen-bond acceptors (Lipinski definition) is 8. The van der Waals surface area contributed by atoms with Crippen LogP contribution in [0.1, 0.15) is 36.8 Å².